The van der Waals surface area contributed by atoms with Crippen molar-refractivity contribution in [1.29, 1.82) is 0 Å². The molecule has 0 aliphatic carbocycles. The number of rotatable bonds is 5. The molecule has 106 valence electrons. The molecule has 20 heavy (non-hydrogen) atoms. The zero-order valence-corrected chi connectivity index (χ0v) is 13.7. The van der Waals surface area contributed by atoms with Gasteiger partial charge in [-0.2, -0.15) is 0 Å². The van der Waals surface area contributed by atoms with Crippen molar-refractivity contribution >= 4 is 33.2 Å². The number of benzene rings is 1. The average molecular weight is 355 g/mol. The summed E-state index contributed by atoms with van der Waals surface area (Å²) in [6.07, 6.45) is 0. The Labute approximate surface area is 130 Å². The van der Waals surface area contributed by atoms with Gasteiger partial charge in [0.1, 0.15) is 10.7 Å². The minimum absolute atomic E-state index is 0.0773. The van der Waals surface area contributed by atoms with Crippen LogP contribution >= 0.6 is 27.3 Å². The first kappa shape index (κ1) is 15.2. The molecule has 0 N–H and O–H groups in total. The van der Waals surface area contributed by atoms with Gasteiger partial charge < -0.3 is 9.64 Å². The van der Waals surface area contributed by atoms with E-state index in [4.69, 9.17) is 4.74 Å². The minimum Gasteiger partial charge on any atom is -0.378 e. The Morgan fingerprint density at radius 3 is 2.75 bits per heavy atom. The van der Waals surface area contributed by atoms with Gasteiger partial charge >= 0.3 is 0 Å². The smallest absolute Gasteiger partial charge is 0.273 e. The van der Waals surface area contributed by atoms with E-state index in [1.165, 1.54) is 11.3 Å². The number of methoxy groups -OCH3 is 1. The first-order valence-corrected chi connectivity index (χ1v) is 7.70. The van der Waals surface area contributed by atoms with Crippen molar-refractivity contribution in [3.8, 4) is 0 Å². The lowest BCUT2D eigenvalue weighted by Crippen LogP contribution is -2.26. The lowest BCUT2D eigenvalue weighted by Gasteiger charge is -2.16. The van der Waals surface area contributed by atoms with Gasteiger partial charge in [0.05, 0.1) is 6.61 Å². The third-order valence-electron chi connectivity index (χ3n) is 2.72. The molecule has 4 nitrogen and oxygen atoms in total. The summed E-state index contributed by atoms with van der Waals surface area (Å²) in [5, 5.41) is 2.59. The van der Waals surface area contributed by atoms with E-state index < -0.39 is 0 Å². The molecule has 0 bridgehead atoms. The maximum Gasteiger partial charge on any atom is 0.273 e. The number of hydrogen-bond donors (Lipinski definition) is 0. The molecule has 0 radical (unpaired) electrons. The normalized spacial score (nSPS) is 10.6. The Bertz CT molecular complexity index is 583. The summed E-state index contributed by atoms with van der Waals surface area (Å²) in [6, 6.07) is 7.91. The van der Waals surface area contributed by atoms with Crippen LogP contribution in [0.5, 0.6) is 0 Å². The number of amides is 1. The van der Waals surface area contributed by atoms with Crippen molar-refractivity contribution in [2.45, 2.75) is 13.2 Å². The average Bonchev–Trinajstić information content (AvgIpc) is 2.89. The van der Waals surface area contributed by atoms with Gasteiger partial charge in [-0.1, -0.05) is 28.1 Å². The molecule has 1 aromatic carbocycles. The van der Waals surface area contributed by atoms with Crippen molar-refractivity contribution in [2.24, 2.45) is 0 Å². The van der Waals surface area contributed by atoms with E-state index in [0.29, 0.717) is 18.8 Å². The SMILES string of the molecule is COCc1nc(C(=O)N(C)Cc2ccc(Br)cc2)cs1. The summed E-state index contributed by atoms with van der Waals surface area (Å²) in [4.78, 5) is 18.2. The number of carbonyl (C=O) groups is 1. The van der Waals surface area contributed by atoms with Gasteiger partial charge in [0, 0.05) is 30.6 Å². The molecule has 0 spiro atoms. The Morgan fingerprint density at radius 2 is 2.10 bits per heavy atom. The Morgan fingerprint density at radius 1 is 1.40 bits per heavy atom. The highest BCUT2D eigenvalue weighted by atomic mass is 79.9. The Hall–Kier alpha value is -1.24. The number of halogens is 1. The quantitative estimate of drug-likeness (QED) is 0.826. The highest BCUT2D eigenvalue weighted by Crippen LogP contribution is 2.15. The van der Waals surface area contributed by atoms with Crippen LogP contribution in [-0.2, 0) is 17.9 Å². The van der Waals surface area contributed by atoms with E-state index in [-0.39, 0.29) is 5.91 Å². The second-order valence-corrected chi connectivity index (χ2v) is 6.21. The Balaban J connectivity index is 2.02. The van der Waals surface area contributed by atoms with Crippen LogP contribution in [0.3, 0.4) is 0 Å². The number of aromatic nitrogens is 1. The topological polar surface area (TPSA) is 42.4 Å². The van der Waals surface area contributed by atoms with Gasteiger partial charge in [0.2, 0.25) is 0 Å². The molecule has 0 aliphatic rings. The number of carbonyl (C=O) groups excluding carboxylic acids is 1. The molecule has 0 saturated carbocycles. The largest absolute Gasteiger partial charge is 0.378 e. The minimum atomic E-state index is -0.0773. The maximum atomic E-state index is 12.3. The fraction of sp³-hybridized carbons (Fsp3) is 0.286. The highest BCUT2D eigenvalue weighted by molar-refractivity contribution is 9.10. The first-order valence-electron chi connectivity index (χ1n) is 6.03. The lowest BCUT2D eigenvalue weighted by molar-refractivity contribution is 0.0779. The zero-order valence-electron chi connectivity index (χ0n) is 11.3. The van der Waals surface area contributed by atoms with Crippen molar-refractivity contribution in [3.05, 3.63) is 50.4 Å². The summed E-state index contributed by atoms with van der Waals surface area (Å²) < 4.78 is 6.03. The molecular weight excluding hydrogens is 340 g/mol. The number of ether oxygens (including phenoxy) is 1. The number of nitrogens with zero attached hydrogens (tertiary/aromatic N) is 2. The van der Waals surface area contributed by atoms with Gasteiger partial charge in [-0.3, -0.25) is 4.79 Å². The van der Waals surface area contributed by atoms with E-state index in [2.05, 4.69) is 20.9 Å². The van der Waals surface area contributed by atoms with Crippen molar-refractivity contribution in [3.63, 3.8) is 0 Å². The predicted molar refractivity (Wildman–Crippen MR) is 82.8 cm³/mol. The molecular formula is C14H15BrN2O2S. The second-order valence-electron chi connectivity index (χ2n) is 4.35. The fourth-order valence-corrected chi connectivity index (χ4v) is 2.73. The molecule has 0 fully saturated rings. The van der Waals surface area contributed by atoms with Crippen molar-refractivity contribution in [1.82, 2.24) is 9.88 Å². The van der Waals surface area contributed by atoms with Crippen molar-refractivity contribution < 1.29 is 9.53 Å². The zero-order chi connectivity index (χ0) is 14.5. The first-order chi connectivity index (χ1) is 9.60. The summed E-state index contributed by atoms with van der Waals surface area (Å²) in [5.41, 5.74) is 1.55. The number of thiazole rings is 1. The molecule has 1 heterocycles. The highest BCUT2D eigenvalue weighted by Gasteiger charge is 2.15. The number of hydrogen-bond acceptors (Lipinski definition) is 4. The fourth-order valence-electron chi connectivity index (χ4n) is 1.73. The molecule has 1 aromatic heterocycles. The predicted octanol–water partition coefficient (Wildman–Crippen LogP) is 3.32. The lowest BCUT2D eigenvalue weighted by atomic mass is 10.2. The van der Waals surface area contributed by atoms with Crippen LogP contribution in [0.15, 0.2) is 34.1 Å². The third kappa shape index (κ3) is 3.88. The van der Waals surface area contributed by atoms with E-state index in [1.807, 2.05) is 24.3 Å². The molecule has 6 heteroatoms. The molecule has 0 saturated heterocycles. The van der Waals surface area contributed by atoms with Gasteiger partial charge in [-0.25, -0.2) is 4.98 Å². The summed E-state index contributed by atoms with van der Waals surface area (Å²) in [7, 11) is 3.39. The van der Waals surface area contributed by atoms with Gasteiger partial charge in [0.25, 0.3) is 5.91 Å². The molecule has 1 amide bonds. The van der Waals surface area contributed by atoms with Crippen LogP contribution in [0.25, 0.3) is 0 Å². The molecule has 2 aromatic rings. The molecule has 0 unspecified atom stereocenters. The van der Waals surface area contributed by atoms with Gasteiger partial charge in [-0.15, -0.1) is 11.3 Å². The van der Waals surface area contributed by atoms with E-state index >= 15 is 0 Å². The summed E-state index contributed by atoms with van der Waals surface area (Å²) in [6.45, 7) is 0.998. The van der Waals surface area contributed by atoms with Crippen molar-refractivity contribution in [2.75, 3.05) is 14.2 Å². The maximum absolute atomic E-state index is 12.3. The van der Waals surface area contributed by atoms with Crippen LogP contribution in [0.1, 0.15) is 21.1 Å². The summed E-state index contributed by atoms with van der Waals surface area (Å²) >= 11 is 4.83. The third-order valence-corrected chi connectivity index (χ3v) is 4.07. The van der Waals surface area contributed by atoms with Crippen LogP contribution in [-0.4, -0.2) is 29.9 Å². The van der Waals surface area contributed by atoms with Crippen LogP contribution in [0.2, 0.25) is 0 Å². The van der Waals surface area contributed by atoms with Crippen LogP contribution in [0, 0.1) is 0 Å². The van der Waals surface area contributed by atoms with Crippen LogP contribution < -0.4 is 0 Å². The standard InChI is InChI=1S/C14H15BrN2O2S/c1-17(7-10-3-5-11(15)6-4-10)14(18)12-9-20-13(16-12)8-19-2/h3-6,9H,7-8H2,1-2H3. The summed E-state index contributed by atoms with van der Waals surface area (Å²) in [5.74, 6) is -0.0773. The molecule has 2 rings (SSSR count). The molecule has 0 atom stereocenters. The Kier molecular flexibility index (Phi) is 5.28. The molecule has 0 aliphatic heterocycles. The van der Waals surface area contributed by atoms with Gasteiger partial charge in [-0.05, 0) is 17.7 Å². The van der Waals surface area contributed by atoms with E-state index in [9.17, 15) is 4.79 Å². The van der Waals surface area contributed by atoms with Crippen LogP contribution in [0.4, 0.5) is 0 Å². The van der Waals surface area contributed by atoms with E-state index in [0.717, 1.165) is 15.0 Å². The van der Waals surface area contributed by atoms with E-state index in [1.54, 1.807) is 24.4 Å². The monoisotopic (exact) mass is 354 g/mol. The second kappa shape index (κ2) is 6.97. The van der Waals surface area contributed by atoms with Gasteiger partial charge in [0.15, 0.2) is 0 Å².